The second kappa shape index (κ2) is 6.28. The molecule has 0 unspecified atom stereocenters. The molecule has 0 N–H and O–H groups in total. The average Bonchev–Trinajstić information content (AvgIpc) is 2.49. The zero-order chi connectivity index (χ0) is 15.5. The van der Waals surface area contributed by atoms with Crippen molar-refractivity contribution < 1.29 is 13.2 Å². The monoisotopic (exact) mass is 305 g/mol. The highest BCUT2D eigenvalue weighted by molar-refractivity contribution is 7.89. The van der Waals surface area contributed by atoms with Crippen LogP contribution in [0.2, 0.25) is 0 Å². The van der Waals surface area contributed by atoms with E-state index in [1.807, 2.05) is 31.2 Å². The third-order valence-electron chi connectivity index (χ3n) is 3.41. The van der Waals surface area contributed by atoms with Gasteiger partial charge >= 0.3 is 0 Å². The van der Waals surface area contributed by atoms with Gasteiger partial charge in [-0.1, -0.05) is 36.4 Å². The molecule has 0 fully saturated rings. The quantitative estimate of drug-likeness (QED) is 0.853. The highest BCUT2D eigenvalue weighted by Crippen LogP contribution is 2.26. The summed E-state index contributed by atoms with van der Waals surface area (Å²) in [6, 6.07) is 14.4. The predicted octanol–water partition coefficient (Wildman–Crippen LogP) is 2.82. The Morgan fingerprint density at radius 3 is 2.33 bits per heavy atom. The number of para-hydroxylation sites is 1. The van der Waals surface area contributed by atoms with Crippen molar-refractivity contribution in [1.82, 2.24) is 4.31 Å². The summed E-state index contributed by atoms with van der Waals surface area (Å²) in [5.74, 6) is 0.356. The maximum Gasteiger partial charge on any atom is 0.246 e. The molecule has 0 saturated heterocycles. The standard InChI is InChI=1S/C16H19NO3S/c1-13-8-4-5-9-14(13)12-17(2)21(18,19)16-11-7-6-10-15(16)20-3/h4-11H,12H2,1-3H3. The van der Waals surface area contributed by atoms with Gasteiger partial charge in [0.15, 0.2) is 0 Å². The largest absolute Gasteiger partial charge is 0.495 e. The third kappa shape index (κ3) is 3.25. The van der Waals surface area contributed by atoms with Crippen LogP contribution in [0.15, 0.2) is 53.4 Å². The molecule has 112 valence electrons. The molecule has 0 atom stereocenters. The van der Waals surface area contributed by atoms with Gasteiger partial charge in [0, 0.05) is 13.6 Å². The van der Waals surface area contributed by atoms with Crippen LogP contribution in [-0.2, 0) is 16.6 Å². The average molecular weight is 305 g/mol. The van der Waals surface area contributed by atoms with Gasteiger partial charge in [-0.15, -0.1) is 0 Å². The number of benzene rings is 2. The lowest BCUT2D eigenvalue weighted by molar-refractivity contribution is 0.397. The lowest BCUT2D eigenvalue weighted by Crippen LogP contribution is -2.27. The lowest BCUT2D eigenvalue weighted by atomic mass is 10.1. The molecule has 2 aromatic rings. The molecule has 2 aromatic carbocycles. The molecule has 4 nitrogen and oxygen atoms in total. The molecule has 0 aromatic heterocycles. The fourth-order valence-corrected chi connectivity index (χ4v) is 3.41. The molecule has 0 bridgehead atoms. The Labute approximate surface area is 126 Å². The first kappa shape index (κ1) is 15.5. The van der Waals surface area contributed by atoms with Gasteiger partial charge in [-0.2, -0.15) is 4.31 Å². The molecule has 21 heavy (non-hydrogen) atoms. The summed E-state index contributed by atoms with van der Waals surface area (Å²) in [7, 11) is -0.543. The molecule has 0 aliphatic heterocycles. The minimum absolute atomic E-state index is 0.184. The molecule has 0 aliphatic rings. The number of hydrogen-bond acceptors (Lipinski definition) is 3. The normalized spacial score (nSPS) is 11.6. The molecular weight excluding hydrogens is 286 g/mol. The molecule has 2 rings (SSSR count). The van der Waals surface area contributed by atoms with Gasteiger partial charge in [0.1, 0.15) is 10.6 Å². The van der Waals surface area contributed by atoms with Gasteiger partial charge in [-0.05, 0) is 30.2 Å². The first-order valence-electron chi connectivity index (χ1n) is 6.60. The van der Waals surface area contributed by atoms with E-state index < -0.39 is 10.0 Å². The van der Waals surface area contributed by atoms with Crippen molar-refractivity contribution in [3.63, 3.8) is 0 Å². The summed E-state index contributed by atoms with van der Waals surface area (Å²) in [5.41, 5.74) is 2.05. The zero-order valence-corrected chi connectivity index (χ0v) is 13.2. The summed E-state index contributed by atoms with van der Waals surface area (Å²) in [6.07, 6.45) is 0. The fraction of sp³-hybridized carbons (Fsp3) is 0.250. The van der Waals surface area contributed by atoms with Crippen LogP contribution in [0.5, 0.6) is 5.75 Å². The van der Waals surface area contributed by atoms with E-state index in [1.54, 1.807) is 31.3 Å². The van der Waals surface area contributed by atoms with Crippen LogP contribution in [0, 0.1) is 6.92 Å². The Kier molecular flexibility index (Phi) is 4.65. The minimum Gasteiger partial charge on any atom is -0.495 e. The summed E-state index contributed by atoms with van der Waals surface area (Å²) in [6.45, 7) is 2.30. The van der Waals surface area contributed by atoms with Gasteiger partial charge in [-0.25, -0.2) is 8.42 Å². The van der Waals surface area contributed by atoms with Gasteiger partial charge in [-0.3, -0.25) is 0 Å². The van der Waals surface area contributed by atoms with Gasteiger partial charge in [0.05, 0.1) is 7.11 Å². The summed E-state index contributed by atoms with van der Waals surface area (Å²) < 4.78 is 31.8. The van der Waals surface area contributed by atoms with Crippen LogP contribution in [0.4, 0.5) is 0 Å². The lowest BCUT2D eigenvalue weighted by Gasteiger charge is -2.19. The maximum atomic E-state index is 12.7. The number of ether oxygens (including phenoxy) is 1. The first-order valence-corrected chi connectivity index (χ1v) is 8.04. The van der Waals surface area contributed by atoms with E-state index >= 15 is 0 Å². The Hall–Kier alpha value is -1.85. The first-order chi connectivity index (χ1) is 9.96. The highest BCUT2D eigenvalue weighted by atomic mass is 32.2. The Morgan fingerprint density at radius 2 is 1.67 bits per heavy atom. The van der Waals surface area contributed by atoms with Crippen LogP contribution in [0.1, 0.15) is 11.1 Å². The van der Waals surface area contributed by atoms with Crippen LogP contribution in [-0.4, -0.2) is 26.9 Å². The molecule has 0 heterocycles. The van der Waals surface area contributed by atoms with E-state index in [0.717, 1.165) is 11.1 Å². The van der Waals surface area contributed by atoms with Crippen molar-refractivity contribution in [2.45, 2.75) is 18.4 Å². The van der Waals surface area contributed by atoms with Gasteiger partial charge < -0.3 is 4.74 Å². The maximum absolute atomic E-state index is 12.7. The Balaban J connectivity index is 2.33. The van der Waals surface area contributed by atoms with E-state index in [0.29, 0.717) is 12.3 Å². The van der Waals surface area contributed by atoms with Crippen LogP contribution < -0.4 is 4.74 Å². The van der Waals surface area contributed by atoms with E-state index in [4.69, 9.17) is 4.74 Å². The number of aryl methyl sites for hydroxylation is 1. The Morgan fingerprint density at radius 1 is 1.05 bits per heavy atom. The van der Waals surface area contributed by atoms with Crippen molar-refractivity contribution in [1.29, 1.82) is 0 Å². The van der Waals surface area contributed by atoms with Crippen LogP contribution in [0.25, 0.3) is 0 Å². The molecule has 0 amide bonds. The van der Waals surface area contributed by atoms with E-state index in [1.165, 1.54) is 11.4 Å². The number of methoxy groups -OCH3 is 1. The summed E-state index contributed by atoms with van der Waals surface area (Å²) >= 11 is 0. The van der Waals surface area contributed by atoms with E-state index in [2.05, 4.69) is 0 Å². The molecule has 0 aliphatic carbocycles. The van der Waals surface area contributed by atoms with Crippen molar-refractivity contribution >= 4 is 10.0 Å². The van der Waals surface area contributed by atoms with Crippen molar-refractivity contribution in [2.24, 2.45) is 0 Å². The number of sulfonamides is 1. The number of hydrogen-bond donors (Lipinski definition) is 0. The summed E-state index contributed by atoms with van der Waals surface area (Å²) in [5, 5.41) is 0. The Bertz CT molecular complexity index is 726. The summed E-state index contributed by atoms with van der Waals surface area (Å²) in [4.78, 5) is 0.184. The van der Waals surface area contributed by atoms with E-state index in [-0.39, 0.29) is 4.90 Å². The van der Waals surface area contributed by atoms with Crippen molar-refractivity contribution in [3.8, 4) is 5.75 Å². The topological polar surface area (TPSA) is 46.6 Å². The minimum atomic E-state index is -3.59. The molecule has 0 radical (unpaired) electrons. The molecule has 0 spiro atoms. The second-order valence-corrected chi connectivity index (χ2v) is 6.85. The number of rotatable bonds is 5. The van der Waals surface area contributed by atoms with Gasteiger partial charge in [0.25, 0.3) is 0 Å². The predicted molar refractivity (Wildman–Crippen MR) is 82.8 cm³/mol. The SMILES string of the molecule is COc1ccccc1S(=O)(=O)N(C)Cc1ccccc1C. The van der Waals surface area contributed by atoms with E-state index in [9.17, 15) is 8.42 Å². The second-order valence-electron chi connectivity index (χ2n) is 4.84. The third-order valence-corrected chi connectivity index (χ3v) is 5.25. The molecule has 5 heteroatoms. The van der Waals surface area contributed by atoms with Crippen molar-refractivity contribution in [2.75, 3.05) is 14.2 Å². The smallest absolute Gasteiger partial charge is 0.246 e. The fourth-order valence-electron chi connectivity index (χ4n) is 2.11. The number of nitrogens with zero attached hydrogens (tertiary/aromatic N) is 1. The van der Waals surface area contributed by atoms with Gasteiger partial charge in [0.2, 0.25) is 10.0 Å². The highest BCUT2D eigenvalue weighted by Gasteiger charge is 2.24. The molecule has 0 saturated carbocycles. The van der Waals surface area contributed by atoms with Crippen LogP contribution in [0.3, 0.4) is 0 Å². The molecular formula is C16H19NO3S. The van der Waals surface area contributed by atoms with Crippen LogP contribution >= 0.6 is 0 Å². The zero-order valence-electron chi connectivity index (χ0n) is 12.4. The van der Waals surface area contributed by atoms with Crippen molar-refractivity contribution in [3.05, 3.63) is 59.7 Å².